The van der Waals surface area contributed by atoms with Crippen molar-refractivity contribution >= 4 is 8.80 Å². The molecular formula is C9H21ClSi-. The van der Waals surface area contributed by atoms with Crippen LogP contribution in [0.25, 0.3) is 0 Å². The summed E-state index contributed by atoms with van der Waals surface area (Å²) in [6, 6.07) is 0. The Morgan fingerprint density at radius 1 is 0.636 bits per heavy atom. The molecule has 0 saturated heterocycles. The lowest BCUT2D eigenvalue weighted by Crippen LogP contribution is -3.00. The van der Waals surface area contributed by atoms with E-state index in [2.05, 4.69) is 41.5 Å². The molecule has 0 N–H and O–H groups in total. The molecule has 69 valence electrons. The van der Waals surface area contributed by atoms with E-state index < -0.39 is 0 Å². The first-order valence-corrected chi connectivity index (χ1v) is 6.06. The van der Waals surface area contributed by atoms with E-state index in [4.69, 9.17) is 0 Å². The van der Waals surface area contributed by atoms with Crippen LogP contribution in [0.3, 0.4) is 0 Å². The average molecular weight is 193 g/mol. The topological polar surface area (TPSA) is 0 Å². The van der Waals surface area contributed by atoms with Gasteiger partial charge in [0, 0.05) is 0 Å². The van der Waals surface area contributed by atoms with Gasteiger partial charge in [0.1, 0.15) is 0 Å². The third-order valence-corrected chi connectivity index (χ3v) is 6.00. The van der Waals surface area contributed by atoms with Gasteiger partial charge < -0.3 is 12.4 Å². The molecule has 0 atom stereocenters. The van der Waals surface area contributed by atoms with Crippen LogP contribution < -0.4 is 12.4 Å². The van der Waals surface area contributed by atoms with E-state index in [9.17, 15) is 0 Å². The maximum atomic E-state index is 2.37. The van der Waals surface area contributed by atoms with Crippen molar-refractivity contribution in [1.82, 2.24) is 0 Å². The SMILES string of the molecule is CC(C)[Si](C(C)C)C(C)C.[Cl-]. The molecule has 0 saturated carbocycles. The summed E-state index contributed by atoms with van der Waals surface area (Å²) in [7, 11) is -0.0957. The summed E-state index contributed by atoms with van der Waals surface area (Å²) in [4.78, 5) is 0. The molecular weight excluding hydrogens is 172 g/mol. The average Bonchev–Trinajstić information content (AvgIpc) is 1.59. The van der Waals surface area contributed by atoms with Crippen LogP contribution in [0.2, 0.25) is 16.6 Å². The Kier molecular flexibility index (Phi) is 7.76. The molecule has 0 aromatic rings. The standard InChI is InChI=1S/C9H21Si.ClH/c1-7(2)10(8(3)4)9(5)6;/h7-9H,1-6H3;1H/p-1. The largest absolute Gasteiger partial charge is 1.00 e. The Balaban J connectivity index is 0. The fraction of sp³-hybridized carbons (Fsp3) is 1.00. The Bertz CT molecular complexity index is 70.5. The fourth-order valence-electron chi connectivity index (χ4n) is 2.00. The zero-order valence-electron chi connectivity index (χ0n) is 8.61. The van der Waals surface area contributed by atoms with Gasteiger partial charge in [0.25, 0.3) is 0 Å². The van der Waals surface area contributed by atoms with Crippen molar-refractivity contribution in [3.8, 4) is 0 Å². The minimum Gasteiger partial charge on any atom is -1.00 e. The van der Waals surface area contributed by atoms with E-state index in [1.54, 1.807) is 0 Å². The van der Waals surface area contributed by atoms with Crippen molar-refractivity contribution in [2.75, 3.05) is 0 Å². The third kappa shape index (κ3) is 4.86. The van der Waals surface area contributed by atoms with Crippen LogP contribution >= 0.6 is 0 Å². The molecule has 0 aliphatic rings. The molecule has 0 unspecified atom stereocenters. The van der Waals surface area contributed by atoms with E-state index >= 15 is 0 Å². The highest BCUT2D eigenvalue weighted by atomic mass is 35.5. The van der Waals surface area contributed by atoms with Crippen molar-refractivity contribution in [3.05, 3.63) is 0 Å². The highest BCUT2D eigenvalue weighted by Gasteiger charge is 2.22. The molecule has 0 nitrogen and oxygen atoms in total. The summed E-state index contributed by atoms with van der Waals surface area (Å²) in [6.07, 6.45) is 0. The quantitative estimate of drug-likeness (QED) is 0.579. The summed E-state index contributed by atoms with van der Waals surface area (Å²) in [5, 5.41) is 0. The molecule has 0 aromatic heterocycles. The van der Waals surface area contributed by atoms with E-state index in [1.807, 2.05) is 0 Å². The predicted octanol–water partition coefficient (Wildman–Crippen LogP) is 0.715. The lowest BCUT2D eigenvalue weighted by molar-refractivity contribution is -0.00000257. The lowest BCUT2D eigenvalue weighted by atomic mass is 10.5. The monoisotopic (exact) mass is 192 g/mol. The summed E-state index contributed by atoms with van der Waals surface area (Å²) >= 11 is 0. The molecule has 1 radical (unpaired) electrons. The van der Waals surface area contributed by atoms with Crippen LogP contribution in [0, 0.1) is 0 Å². The van der Waals surface area contributed by atoms with Gasteiger partial charge in [-0.15, -0.1) is 0 Å². The number of halogens is 1. The lowest BCUT2D eigenvalue weighted by Gasteiger charge is -2.26. The maximum Gasteiger partial charge on any atom is 0.0561 e. The smallest absolute Gasteiger partial charge is 0.0561 e. The molecule has 0 fully saturated rings. The number of hydrogen-bond acceptors (Lipinski definition) is 0. The van der Waals surface area contributed by atoms with Crippen LogP contribution in [0.1, 0.15) is 41.5 Å². The minimum atomic E-state index is -0.0957. The maximum absolute atomic E-state index is 2.37. The zero-order valence-corrected chi connectivity index (χ0v) is 10.4. The number of hydrogen-bond donors (Lipinski definition) is 0. The molecule has 0 bridgehead atoms. The van der Waals surface area contributed by atoms with Crippen LogP contribution in [-0.4, -0.2) is 8.80 Å². The summed E-state index contributed by atoms with van der Waals surface area (Å²) in [5.74, 6) is 0. The van der Waals surface area contributed by atoms with Crippen LogP contribution in [0.15, 0.2) is 0 Å². The highest BCUT2D eigenvalue weighted by Crippen LogP contribution is 2.28. The molecule has 0 aromatic carbocycles. The van der Waals surface area contributed by atoms with E-state index in [1.165, 1.54) is 0 Å². The van der Waals surface area contributed by atoms with Gasteiger partial charge in [0.15, 0.2) is 0 Å². The second-order valence-corrected chi connectivity index (χ2v) is 8.43. The summed E-state index contributed by atoms with van der Waals surface area (Å²) < 4.78 is 0. The van der Waals surface area contributed by atoms with E-state index in [-0.39, 0.29) is 21.2 Å². The van der Waals surface area contributed by atoms with Gasteiger partial charge >= 0.3 is 0 Å². The molecule has 2 heteroatoms. The van der Waals surface area contributed by atoms with E-state index in [0.717, 1.165) is 16.6 Å². The first-order valence-electron chi connectivity index (χ1n) is 4.33. The van der Waals surface area contributed by atoms with Crippen molar-refractivity contribution in [1.29, 1.82) is 0 Å². The Hall–Kier alpha value is 0.507. The molecule has 0 heterocycles. The molecule has 11 heavy (non-hydrogen) atoms. The first-order chi connectivity index (χ1) is 4.46. The summed E-state index contributed by atoms with van der Waals surface area (Å²) in [5.41, 5.74) is 2.81. The van der Waals surface area contributed by atoms with Crippen LogP contribution in [-0.2, 0) is 0 Å². The molecule has 0 spiro atoms. The summed E-state index contributed by atoms with van der Waals surface area (Å²) in [6.45, 7) is 14.2. The van der Waals surface area contributed by atoms with Crippen LogP contribution in [0.5, 0.6) is 0 Å². The van der Waals surface area contributed by atoms with Crippen molar-refractivity contribution in [2.45, 2.75) is 58.2 Å². The Morgan fingerprint density at radius 2 is 0.818 bits per heavy atom. The fourth-order valence-corrected chi connectivity index (χ4v) is 6.00. The molecule has 0 rings (SSSR count). The Labute approximate surface area is 79.8 Å². The van der Waals surface area contributed by atoms with Gasteiger partial charge in [-0.05, 0) is 0 Å². The molecule has 0 aliphatic heterocycles. The first kappa shape index (κ1) is 14.1. The van der Waals surface area contributed by atoms with Gasteiger partial charge in [0.05, 0.1) is 8.80 Å². The van der Waals surface area contributed by atoms with Gasteiger partial charge in [-0.25, -0.2) is 0 Å². The van der Waals surface area contributed by atoms with Gasteiger partial charge in [-0.3, -0.25) is 0 Å². The van der Waals surface area contributed by atoms with Crippen LogP contribution in [0.4, 0.5) is 0 Å². The normalized spacial score (nSPS) is 11.5. The van der Waals surface area contributed by atoms with Gasteiger partial charge in [0.2, 0.25) is 0 Å². The highest BCUT2D eigenvalue weighted by molar-refractivity contribution is 6.63. The Morgan fingerprint density at radius 3 is 0.818 bits per heavy atom. The van der Waals surface area contributed by atoms with E-state index in [0.29, 0.717) is 0 Å². The zero-order chi connectivity index (χ0) is 8.31. The molecule has 0 amide bonds. The predicted molar refractivity (Wildman–Crippen MR) is 51.0 cm³/mol. The number of rotatable bonds is 3. The minimum absolute atomic E-state index is 0. The second kappa shape index (κ2) is 6.07. The van der Waals surface area contributed by atoms with Crippen molar-refractivity contribution in [2.24, 2.45) is 0 Å². The van der Waals surface area contributed by atoms with Gasteiger partial charge in [-0.2, -0.15) is 0 Å². The molecule has 0 aliphatic carbocycles. The third-order valence-electron chi connectivity index (χ3n) is 2.00. The van der Waals surface area contributed by atoms with Crippen molar-refractivity contribution < 1.29 is 12.4 Å². The second-order valence-electron chi connectivity index (χ2n) is 3.96. The van der Waals surface area contributed by atoms with Crippen molar-refractivity contribution in [3.63, 3.8) is 0 Å². The van der Waals surface area contributed by atoms with Gasteiger partial charge in [-0.1, -0.05) is 58.2 Å².